The van der Waals surface area contributed by atoms with Gasteiger partial charge in [-0.2, -0.15) is 0 Å². The molecule has 0 saturated heterocycles. The number of hydrogen-bond donors (Lipinski definition) is 1. The summed E-state index contributed by atoms with van der Waals surface area (Å²) in [6.45, 7) is 0.523. The van der Waals surface area contributed by atoms with Crippen molar-refractivity contribution in [1.82, 2.24) is 5.32 Å². The minimum atomic E-state index is -0.206. The molecule has 30 heavy (non-hydrogen) atoms. The predicted molar refractivity (Wildman–Crippen MR) is 116 cm³/mol. The van der Waals surface area contributed by atoms with Crippen molar-refractivity contribution in [3.63, 3.8) is 0 Å². The highest BCUT2D eigenvalue weighted by Gasteiger charge is 2.28. The van der Waals surface area contributed by atoms with E-state index in [-0.39, 0.29) is 12.7 Å². The second kappa shape index (κ2) is 8.37. The van der Waals surface area contributed by atoms with Gasteiger partial charge in [-0.1, -0.05) is 42.5 Å². The van der Waals surface area contributed by atoms with Crippen molar-refractivity contribution < 1.29 is 19.0 Å². The van der Waals surface area contributed by atoms with E-state index in [0.717, 1.165) is 16.8 Å². The first-order valence-electron chi connectivity index (χ1n) is 9.69. The monoisotopic (exact) mass is 404 g/mol. The standard InChI is InChI=1S/C24H24N2O4/c1-26(2)18-11-9-17(10-12-18)21-19(13-20-22(23(21)28-3)30-15-29-20)24(27)25-14-16-7-5-4-6-8-16/h4-13H,14-15H2,1-3H3,(H,25,27). The Morgan fingerprint density at radius 3 is 2.47 bits per heavy atom. The summed E-state index contributed by atoms with van der Waals surface area (Å²) in [5, 5.41) is 3.00. The van der Waals surface area contributed by atoms with Gasteiger partial charge in [0.1, 0.15) is 0 Å². The summed E-state index contributed by atoms with van der Waals surface area (Å²) in [4.78, 5) is 15.2. The van der Waals surface area contributed by atoms with Crippen molar-refractivity contribution in [2.45, 2.75) is 6.54 Å². The van der Waals surface area contributed by atoms with Crippen molar-refractivity contribution in [3.8, 4) is 28.4 Å². The number of rotatable bonds is 6. The largest absolute Gasteiger partial charge is 0.492 e. The Balaban J connectivity index is 1.76. The van der Waals surface area contributed by atoms with Crippen LogP contribution in [-0.2, 0) is 6.54 Å². The van der Waals surface area contributed by atoms with Gasteiger partial charge in [0.25, 0.3) is 5.91 Å². The Labute approximate surface area is 176 Å². The molecule has 0 atom stereocenters. The molecule has 0 radical (unpaired) electrons. The number of fused-ring (bicyclic) bond motifs is 1. The van der Waals surface area contributed by atoms with Crippen LogP contribution in [0.25, 0.3) is 11.1 Å². The minimum absolute atomic E-state index is 0.0970. The molecular weight excluding hydrogens is 380 g/mol. The Morgan fingerprint density at radius 2 is 1.80 bits per heavy atom. The van der Waals surface area contributed by atoms with Gasteiger partial charge in [0.15, 0.2) is 11.5 Å². The lowest BCUT2D eigenvalue weighted by atomic mass is 9.96. The first kappa shape index (κ1) is 19.6. The third-order valence-corrected chi connectivity index (χ3v) is 5.04. The molecule has 0 spiro atoms. The van der Waals surface area contributed by atoms with Gasteiger partial charge in [0, 0.05) is 31.9 Å². The number of benzene rings is 3. The molecule has 0 bridgehead atoms. The van der Waals surface area contributed by atoms with E-state index in [1.165, 1.54) is 0 Å². The average molecular weight is 404 g/mol. The van der Waals surface area contributed by atoms with Crippen LogP contribution < -0.4 is 24.4 Å². The first-order chi connectivity index (χ1) is 14.6. The number of nitrogens with one attached hydrogen (secondary N) is 1. The summed E-state index contributed by atoms with van der Waals surface area (Å²) < 4.78 is 16.8. The zero-order valence-electron chi connectivity index (χ0n) is 17.3. The third kappa shape index (κ3) is 3.76. The number of hydrogen-bond acceptors (Lipinski definition) is 5. The molecule has 0 fully saturated rings. The smallest absolute Gasteiger partial charge is 0.252 e. The molecule has 6 nitrogen and oxygen atoms in total. The highest BCUT2D eigenvalue weighted by molar-refractivity contribution is 6.04. The maximum atomic E-state index is 13.2. The van der Waals surface area contributed by atoms with Crippen LogP contribution in [0.1, 0.15) is 15.9 Å². The van der Waals surface area contributed by atoms with Gasteiger partial charge < -0.3 is 24.4 Å². The number of nitrogens with zero attached hydrogens (tertiary/aromatic N) is 1. The van der Waals surface area contributed by atoms with Crippen molar-refractivity contribution in [1.29, 1.82) is 0 Å². The van der Waals surface area contributed by atoms with Gasteiger partial charge in [-0.15, -0.1) is 0 Å². The molecule has 1 aliphatic rings. The number of anilines is 1. The minimum Gasteiger partial charge on any atom is -0.492 e. The molecule has 4 rings (SSSR count). The van der Waals surface area contributed by atoms with E-state index < -0.39 is 0 Å². The number of amides is 1. The fraction of sp³-hybridized carbons (Fsp3) is 0.208. The van der Waals surface area contributed by atoms with Crippen LogP contribution in [0.15, 0.2) is 60.7 Å². The van der Waals surface area contributed by atoms with E-state index >= 15 is 0 Å². The lowest BCUT2D eigenvalue weighted by Gasteiger charge is -2.18. The van der Waals surface area contributed by atoms with Crippen LogP contribution in [-0.4, -0.2) is 33.9 Å². The molecule has 3 aromatic rings. The Kier molecular flexibility index (Phi) is 5.48. The fourth-order valence-corrected chi connectivity index (χ4v) is 3.47. The van der Waals surface area contributed by atoms with Crippen LogP contribution in [0.5, 0.6) is 17.2 Å². The van der Waals surface area contributed by atoms with Gasteiger partial charge in [-0.25, -0.2) is 0 Å². The van der Waals surface area contributed by atoms with Crippen LogP contribution in [0.4, 0.5) is 5.69 Å². The van der Waals surface area contributed by atoms with Crippen LogP contribution in [0.2, 0.25) is 0 Å². The van der Waals surface area contributed by atoms with Crippen LogP contribution >= 0.6 is 0 Å². The highest BCUT2D eigenvalue weighted by atomic mass is 16.7. The third-order valence-electron chi connectivity index (χ3n) is 5.04. The van der Waals surface area contributed by atoms with Gasteiger partial charge in [0.2, 0.25) is 12.5 Å². The van der Waals surface area contributed by atoms with Gasteiger partial charge in [0.05, 0.1) is 12.7 Å². The molecule has 1 heterocycles. The molecule has 0 aromatic heterocycles. The Morgan fingerprint density at radius 1 is 1.07 bits per heavy atom. The van der Waals surface area contributed by atoms with E-state index in [1.54, 1.807) is 13.2 Å². The maximum absolute atomic E-state index is 13.2. The van der Waals surface area contributed by atoms with E-state index in [9.17, 15) is 4.79 Å². The van der Waals surface area contributed by atoms with E-state index in [2.05, 4.69) is 5.32 Å². The lowest BCUT2D eigenvalue weighted by Crippen LogP contribution is -2.23. The Hall–Kier alpha value is -3.67. The number of ether oxygens (including phenoxy) is 3. The molecule has 1 amide bonds. The second-order valence-electron chi connectivity index (χ2n) is 7.18. The summed E-state index contributed by atoms with van der Waals surface area (Å²) >= 11 is 0. The molecule has 154 valence electrons. The number of methoxy groups -OCH3 is 1. The lowest BCUT2D eigenvalue weighted by molar-refractivity contribution is 0.0951. The Bertz CT molecular complexity index is 1050. The van der Waals surface area contributed by atoms with E-state index in [4.69, 9.17) is 14.2 Å². The molecule has 6 heteroatoms. The predicted octanol–water partition coefficient (Wildman–Crippen LogP) is 4.09. The average Bonchev–Trinajstić information content (AvgIpc) is 3.25. The molecule has 1 aliphatic heterocycles. The topological polar surface area (TPSA) is 60.0 Å². The number of carbonyl (C=O) groups is 1. The van der Waals surface area contributed by atoms with Gasteiger partial charge in [-0.3, -0.25) is 4.79 Å². The van der Waals surface area contributed by atoms with Crippen molar-refractivity contribution in [3.05, 3.63) is 71.8 Å². The fourth-order valence-electron chi connectivity index (χ4n) is 3.47. The summed E-state index contributed by atoms with van der Waals surface area (Å²) in [5.74, 6) is 1.31. The second-order valence-corrected chi connectivity index (χ2v) is 7.18. The molecule has 0 aliphatic carbocycles. The zero-order chi connectivity index (χ0) is 21.1. The summed E-state index contributed by atoms with van der Waals surface area (Å²) in [6.07, 6.45) is 0. The van der Waals surface area contributed by atoms with Gasteiger partial charge in [-0.05, 0) is 29.3 Å². The van der Waals surface area contributed by atoms with Crippen molar-refractivity contribution >= 4 is 11.6 Å². The normalized spacial score (nSPS) is 11.8. The van der Waals surface area contributed by atoms with E-state index in [0.29, 0.717) is 34.9 Å². The molecular formula is C24H24N2O4. The van der Waals surface area contributed by atoms with Crippen molar-refractivity contribution in [2.75, 3.05) is 32.9 Å². The molecule has 0 saturated carbocycles. The molecule has 1 N–H and O–H groups in total. The summed E-state index contributed by atoms with van der Waals surface area (Å²) in [6, 6.07) is 19.5. The van der Waals surface area contributed by atoms with E-state index in [1.807, 2.05) is 73.6 Å². The molecule has 0 unspecified atom stereocenters. The van der Waals surface area contributed by atoms with Crippen molar-refractivity contribution in [2.24, 2.45) is 0 Å². The maximum Gasteiger partial charge on any atom is 0.252 e. The number of carbonyl (C=O) groups excluding carboxylic acids is 1. The summed E-state index contributed by atoms with van der Waals surface area (Å²) in [7, 11) is 5.54. The molecule has 3 aromatic carbocycles. The summed E-state index contributed by atoms with van der Waals surface area (Å²) in [5.41, 5.74) is 4.10. The quantitative estimate of drug-likeness (QED) is 0.671. The van der Waals surface area contributed by atoms with Crippen LogP contribution in [0.3, 0.4) is 0 Å². The van der Waals surface area contributed by atoms with Gasteiger partial charge >= 0.3 is 0 Å². The zero-order valence-corrected chi connectivity index (χ0v) is 17.3. The highest BCUT2D eigenvalue weighted by Crippen LogP contribution is 2.49. The van der Waals surface area contributed by atoms with Crippen LogP contribution in [0, 0.1) is 0 Å². The SMILES string of the molecule is COc1c2c(cc(C(=O)NCc3ccccc3)c1-c1ccc(N(C)C)cc1)OCO2. The first-order valence-corrected chi connectivity index (χ1v) is 9.69.